The van der Waals surface area contributed by atoms with Crippen molar-refractivity contribution in [1.82, 2.24) is 9.55 Å². The van der Waals surface area contributed by atoms with Gasteiger partial charge in [-0.05, 0) is 24.3 Å². The number of hydrogen-bond acceptors (Lipinski definition) is 4. The number of aromatic nitrogens is 2. The Morgan fingerprint density at radius 3 is 1.82 bits per heavy atom. The van der Waals surface area contributed by atoms with E-state index in [1.54, 1.807) is 47.2 Å². The third kappa shape index (κ3) is 4.85. The van der Waals surface area contributed by atoms with Crippen molar-refractivity contribution in [3.05, 3.63) is 65.9 Å². The average molecular weight is 439 g/mol. The molecule has 0 aliphatic rings. The van der Waals surface area contributed by atoms with Crippen LogP contribution in [-0.2, 0) is 11.2 Å². The van der Waals surface area contributed by atoms with Crippen molar-refractivity contribution >= 4 is 47.7 Å². The van der Waals surface area contributed by atoms with Crippen LogP contribution in [0.5, 0.6) is 0 Å². The maximum Gasteiger partial charge on any atom is 0.328 e. The molecule has 148 valence electrons. The number of nitrogens with one attached hydrogen (secondary N) is 2. The van der Waals surface area contributed by atoms with Gasteiger partial charge in [0, 0.05) is 34.1 Å². The lowest BCUT2D eigenvalue weighted by Gasteiger charge is -2.08. The Morgan fingerprint density at radius 1 is 0.929 bits per heavy atom. The van der Waals surface area contributed by atoms with Crippen molar-refractivity contribution in [2.75, 3.05) is 6.26 Å². The highest BCUT2D eigenvalue weighted by molar-refractivity contribution is 7.90. The van der Waals surface area contributed by atoms with Crippen molar-refractivity contribution in [2.45, 2.75) is 5.16 Å². The number of halogens is 2. The summed E-state index contributed by atoms with van der Waals surface area (Å²) < 4.78 is 13.9. The Kier molecular flexibility index (Phi) is 8.07. The van der Waals surface area contributed by atoms with Crippen LogP contribution in [0.3, 0.4) is 0 Å². The van der Waals surface area contributed by atoms with Crippen molar-refractivity contribution in [1.29, 1.82) is 10.8 Å². The Balaban J connectivity index is 0.00000196. The van der Waals surface area contributed by atoms with Gasteiger partial charge in [0.1, 0.15) is 17.9 Å². The summed E-state index contributed by atoms with van der Waals surface area (Å²) in [6.45, 7) is 0. The van der Waals surface area contributed by atoms with Crippen LogP contribution in [0.1, 0.15) is 11.1 Å². The fourth-order valence-corrected chi connectivity index (χ4v) is 3.17. The third-order valence-electron chi connectivity index (χ3n) is 3.88. The van der Waals surface area contributed by atoms with E-state index in [1.807, 2.05) is 18.3 Å². The fraction of sp³-hybridized carbons (Fsp3) is 0.0556. The molecule has 0 saturated heterocycles. The summed E-state index contributed by atoms with van der Waals surface area (Å²) in [4.78, 5) is 4.50. The van der Waals surface area contributed by atoms with Crippen molar-refractivity contribution in [3.63, 3.8) is 0 Å². The van der Waals surface area contributed by atoms with Gasteiger partial charge < -0.3 is 16.0 Å². The van der Waals surface area contributed by atoms with E-state index in [9.17, 15) is 4.55 Å². The van der Waals surface area contributed by atoms with E-state index < -0.39 is 11.2 Å². The molecule has 1 atom stereocenters. The first kappa shape index (κ1) is 23.5. The lowest BCUT2D eigenvalue weighted by molar-refractivity contribution is 0.589. The van der Waals surface area contributed by atoms with Gasteiger partial charge in [0.15, 0.2) is 0 Å². The van der Waals surface area contributed by atoms with Crippen LogP contribution in [0.25, 0.3) is 16.9 Å². The average Bonchev–Trinajstić information content (AvgIpc) is 3.07. The van der Waals surface area contributed by atoms with Crippen LogP contribution >= 0.6 is 24.8 Å². The second-order valence-corrected chi connectivity index (χ2v) is 6.96. The van der Waals surface area contributed by atoms with Crippen LogP contribution in [-0.4, -0.2) is 32.0 Å². The zero-order chi connectivity index (χ0) is 18.8. The molecule has 1 heterocycles. The fourth-order valence-electron chi connectivity index (χ4n) is 2.51. The van der Waals surface area contributed by atoms with Crippen molar-refractivity contribution in [2.24, 2.45) is 11.5 Å². The topological polar surface area (TPSA) is 141 Å². The number of amidine groups is 2. The first-order chi connectivity index (χ1) is 12.4. The Morgan fingerprint density at radius 2 is 1.39 bits per heavy atom. The van der Waals surface area contributed by atoms with Gasteiger partial charge in [-0.1, -0.05) is 24.3 Å². The number of nitrogen functional groups attached to an aromatic ring is 2. The summed E-state index contributed by atoms with van der Waals surface area (Å²) in [5.74, 6) is -0.00397. The van der Waals surface area contributed by atoms with Gasteiger partial charge >= 0.3 is 5.16 Å². The van der Waals surface area contributed by atoms with E-state index in [1.165, 1.54) is 0 Å². The Hall–Kier alpha value is -2.52. The molecule has 6 N–H and O–H groups in total. The molecule has 1 unspecified atom stereocenters. The highest BCUT2D eigenvalue weighted by Gasteiger charge is 2.19. The van der Waals surface area contributed by atoms with Gasteiger partial charge in [0.05, 0.1) is 11.4 Å². The zero-order valence-electron chi connectivity index (χ0n) is 14.9. The molecule has 3 rings (SSSR count). The van der Waals surface area contributed by atoms with E-state index in [4.69, 9.17) is 22.3 Å². The van der Waals surface area contributed by atoms with Crippen molar-refractivity contribution in [3.8, 4) is 16.9 Å². The molecule has 1 aromatic heterocycles. The molecule has 10 heteroatoms. The first-order valence-corrected chi connectivity index (χ1v) is 9.25. The number of imidazole rings is 1. The van der Waals surface area contributed by atoms with Crippen LogP contribution in [0.2, 0.25) is 0 Å². The minimum Gasteiger partial charge on any atom is -0.609 e. The second-order valence-electron chi connectivity index (χ2n) is 5.68. The lowest BCUT2D eigenvalue weighted by Crippen LogP contribution is -2.11. The lowest BCUT2D eigenvalue weighted by atomic mass is 10.1. The summed E-state index contributed by atoms with van der Waals surface area (Å²) in [5, 5.41) is 15.4. The van der Waals surface area contributed by atoms with E-state index in [0.717, 1.165) is 11.3 Å². The van der Waals surface area contributed by atoms with E-state index in [-0.39, 0.29) is 36.5 Å². The molecule has 2 aromatic carbocycles. The summed E-state index contributed by atoms with van der Waals surface area (Å²) in [7, 11) is 0. The summed E-state index contributed by atoms with van der Waals surface area (Å²) in [6, 6.07) is 14.2. The number of benzene rings is 2. The zero-order valence-corrected chi connectivity index (χ0v) is 17.3. The van der Waals surface area contributed by atoms with E-state index in [0.29, 0.717) is 22.0 Å². The van der Waals surface area contributed by atoms with Crippen LogP contribution < -0.4 is 11.5 Å². The first-order valence-electron chi connectivity index (χ1n) is 7.69. The SMILES string of the molecule is C[S+]([O-])c1nc(-c2ccc(C(=N)N)cc2)cn1-c1ccc(C(=N)N)cc1.Cl.Cl. The molecule has 0 amide bonds. The summed E-state index contributed by atoms with van der Waals surface area (Å²) in [5.41, 5.74) is 14.5. The van der Waals surface area contributed by atoms with Gasteiger partial charge in [0.2, 0.25) is 0 Å². The quantitative estimate of drug-likeness (QED) is 0.276. The monoisotopic (exact) mass is 438 g/mol. The minimum atomic E-state index is -1.29. The predicted octanol–water partition coefficient (Wildman–Crippen LogP) is 2.69. The number of rotatable bonds is 5. The van der Waals surface area contributed by atoms with E-state index in [2.05, 4.69) is 4.98 Å². The normalized spacial score (nSPS) is 11.1. The highest BCUT2D eigenvalue weighted by Crippen LogP contribution is 2.24. The van der Waals surface area contributed by atoms with Gasteiger partial charge in [-0.15, -0.1) is 24.8 Å². The Bertz CT molecular complexity index is 971. The molecule has 0 aliphatic carbocycles. The molecule has 7 nitrogen and oxygen atoms in total. The van der Waals surface area contributed by atoms with Crippen LogP contribution in [0.15, 0.2) is 59.9 Å². The van der Waals surface area contributed by atoms with Crippen LogP contribution in [0.4, 0.5) is 0 Å². The molecule has 0 bridgehead atoms. The molecule has 3 aromatic rings. The minimum absolute atomic E-state index is 0. The van der Waals surface area contributed by atoms with Crippen molar-refractivity contribution < 1.29 is 4.55 Å². The smallest absolute Gasteiger partial charge is 0.328 e. The predicted molar refractivity (Wildman–Crippen MR) is 118 cm³/mol. The standard InChI is InChI=1S/C18H18N6OS.2ClH/c1-26(25)18-23-15(11-2-4-12(5-3-11)16(19)20)10-24(18)14-8-6-13(7-9-14)17(21)22;;/h2-10H,1H3,(H3,19,20)(H3,21,22);2*1H. The summed E-state index contributed by atoms with van der Waals surface area (Å²) >= 11 is -1.29. The van der Waals surface area contributed by atoms with Gasteiger partial charge in [-0.2, -0.15) is 4.98 Å². The third-order valence-corrected chi connectivity index (χ3v) is 4.68. The molecule has 0 aliphatic heterocycles. The number of hydrogen-bond donors (Lipinski definition) is 4. The molecule has 0 spiro atoms. The molecule has 0 saturated carbocycles. The molecule has 0 radical (unpaired) electrons. The highest BCUT2D eigenvalue weighted by atomic mass is 35.5. The van der Waals surface area contributed by atoms with E-state index >= 15 is 0 Å². The Labute approximate surface area is 178 Å². The maximum atomic E-state index is 12.1. The summed E-state index contributed by atoms with van der Waals surface area (Å²) in [6.07, 6.45) is 3.38. The molecular formula is C18H20Cl2N6OS. The molecular weight excluding hydrogens is 419 g/mol. The van der Waals surface area contributed by atoms with Gasteiger partial charge in [-0.3, -0.25) is 15.4 Å². The largest absolute Gasteiger partial charge is 0.609 e. The second kappa shape index (κ2) is 9.61. The van der Waals surface area contributed by atoms with Crippen LogP contribution in [0, 0.1) is 10.8 Å². The molecule has 0 fully saturated rings. The van der Waals surface area contributed by atoms with Gasteiger partial charge in [-0.25, -0.2) is 0 Å². The van der Waals surface area contributed by atoms with Gasteiger partial charge in [0.25, 0.3) is 0 Å². The number of nitrogens with zero attached hydrogens (tertiary/aromatic N) is 2. The maximum absolute atomic E-state index is 12.1. The number of nitrogens with two attached hydrogens (primary N) is 2. The molecule has 28 heavy (non-hydrogen) atoms.